The Hall–Kier alpha value is -2.18. The highest BCUT2D eigenvalue weighted by molar-refractivity contribution is 5.64. The minimum absolute atomic E-state index is 0.291. The molecule has 0 atom stereocenters. The van der Waals surface area contributed by atoms with Crippen LogP contribution in [-0.4, -0.2) is 72.1 Å². The van der Waals surface area contributed by atoms with Crippen LogP contribution in [0, 0.1) is 0 Å². The van der Waals surface area contributed by atoms with E-state index in [1.165, 1.54) is 0 Å². The summed E-state index contributed by atoms with van der Waals surface area (Å²) in [7, 11) is 2.19. The number of anilines is 2. The van der Waals surface area contributed by atoms with Gasteiger partial charge in [0.15, 0.2) is 0 Å². The summed E-state index contributed by atoms with van der Waals surface area (Å²) >= 11 is 0. The highest BCUT2D eigenvalue weighted by Gasteiger charge is 2.13. The topological polar surface area (TPSA) is 56.3 Å². The highest BCUT2D eigenvalue weighted by Crippen LogP contribution is 2.21. The molecule has 3 rings (SSSR count). The molecular weight excluding hydrogens is 324 g/mol. The lowest BCUT2D eigenvalue weighted by Crippen LogP contribution is -2.45. The molecule has 2 heterocycles. The summed E-state index contributed by atoms with van der Waals surface area (Å²) in [6.07, 6.45) is 0. The Balaban J connectivity index is 1.67. The maximum atomic E-state index is 4.67. The maximum absolute atomic E-state index is 4.67. The molecule has 6 nitrogen and oxygen atoms in total. The summed E-state index contributed by atoms with van der Waals surface area (Å²) in [5.74, 6) is 1.54. The zero-order chi connectivity index (χ0) is 18.4. The molecule has 0 unspecified atom stereocenters. The summed E-state index contributed by atoms with van der Waals surface area (Å²) in [6, 6.07) is 12.6. The third kappa shape index (κ3) is 5.41. The third-order valence-corrected chi connectivity index (χ3v) is 4.54. The molecule has 2 aromatic rings. The Morgan fingerprint density at radius 3 is 2.46 bits per heavy atom. The molecule has 6 heteroatoms. The van der Waals surface area contributed by atoms with Crippen molar-refractivity contribution in [2.45, 2.75) is 19.9 Å². The van der Waals surface area contributed by atoms with Gasteiger partial charge in [0.25, 0.3) is 0 Å². The predicted octanol–water partition coefficient (Wildman–Crippen LogP) is 2.62. The zero-order valence-electron chi connectivity index (χ0n) is 16.1. The summed E-state index contributed by atoms with van der Waals surface area (Å²) in [5, 5.41) is 6.80. The van der Waals surface area contributed by atoms with Crippen molar-refractivity contribution in [3.8, 4) is 11.3 Å². The number of likely N-dealkylation sites (N-methyl/N-ethyl adjacent to an activating group) is 1. The van der Waals surface area contributed by atoms with E-state index < -0.39 is 0 Å². The first-order chi connectivity index (χ1) is 12.6. The molecule has 1 saturated heterocycles. The molecule has 1 aliphatic rings. The lowest BCUT2D eigenvalue weighted by molar-refractivity contribution is 0.158. The Morgan fingerprint density at radius 1 is 1.04 bits per heavy atom. The minimum Gasteiger partial charge on any atom is -0.369 e. The van der Waals surface area contributed by atoms with Crippen LogP contribution in [0.4, 0.5) is 11.8 Å². The number of rotatable bonds is 7. The van der Waals surface area contributed by atoms with Crippen molar-refractivity contribution in [2.24, 2.45) is 0 Å². The van der Waals surface area contributed by atoms with Gasteiger partial charge in [-0.15, -0.1) is 0 Å². The predicted molar refractivity (Wildman–Crippen MR) is 109 cm³/mol. The van der Waals surface area contributed by atoms with Crippen LogP contribution in [0.5, 0.6) is 0 Å². The number of nitrogens with zero attached hydrogens (tertiary/aromatic N) is 4. The normalized spacial score (nSPS) is 16.0. The molecule has 0 bridgehead atoms. The van der Waals surface area contributed by atoms with Crippen LogP contribution >= 0.6 is 0 Å². The van der Waals surface area contributed by atoms with Gasteiger partial charge in [0.2, 0.25) is 5.95 Å². The first kappa shape index (κ1) is 18.6. The lowest BCUT2D eigenvalue weighted by atomic mass is 10.1. The maximum Gasteiger partial charge on any atom is 0.225 e. The fourth-order valence-corrected chi connectivity index (χ4v) is 3.03. The summed E-state index contributed by atoms with van der Waals surface area (Å²) in [5.41, 5.74) is 2.04. The Kier molecular flexibility index (Phi) is 6.41. The van der Waals surface area contributed by atoms with Crippen molar-refractivity contribution in [3.05, 3.63) is 36.4 Å². The fraction of sp³-hybridized carbons (Fsp3) is 0.500. The van der Waals surface area contributed by atoms with E-state index in [-0.39, 0.29) is 0 Å². The Bertz CT molecular complexity index is 680. The van der Waals surface area contributed by atoms with E-state index in [0.29, 0.717) is 12.0 Å². The first-order valence-electron chi connectivity index (χ1n) is 9.46. The lowest BCUT2D eigenvalue weighted by Gasteiger charge is -2.32. The van der Waals surface area contributed by atoms with E-state index in [9.17, 15) is 0 Å². The fourth-order valence-electron chi connectivity index (χ4n) is 3.03. The van der Waals surface area contributed by atoms with Crippen molar-refractivity contribution in [1.29, 1.82) is 0 Å². The van der Waals surface area contributed by atoms with E-state index in [2.05, 4.69) is 63.4 Å². The number of piperazine rings is 1. The van der Waals surface area contributed by atoms with Gasteiger partial charge in [-0.2, -0.15) is 4.98 Å². The second-order valence-corrected chi connectivity index (χ2v) is 7.20. The molecular formula is C20H30N6. The van der Waals surface area contributed by atoms with Gasteiger partial charge in [-0.05, 0) is 20.9 Å². The van der Waals surface area contributed by atoms with Crippen LogP contribution < -0.4 is 10.6 Å². The van der Waals surface area contributed by atoms with Crippen LogP contribution in [0.1, 0.15) is 13.8 Å². The Morgan fingerprint density at radius 2 is 1.77 bits per heavy atom. The minimum atomic E-state index is 0.291. The van der Waals surface area contributed by atoms with E-state index in [1.807, 2.05) is 24.3 Å². The molecule has 1 aromatic heterocycles. The van der Waals surface area contributed by atoms with Crippen LogP contribution in [-0.2, 0) is 0 Å². The SMILES string of the molecule is CC(C)Nc1nc(NCCN2CCN(C)CC2)cc(-c2ccccc2)n1. The standard InChI is InChI=1S/C20H30N6/c1-16(2)22-20-23-18(17-7-5-4-6-8-17)15-19(24-20)21-9-10-26-13-11-25(3)12-14-26/h4-8,15-16H,9-14H2,1-3H3,(H2,21,22,23,24). The first-order valence-corrected chi connectivity index (χ1v) is 9.46. The van der Waals surface area contributed by atoms with Gasteiger partial charge in [-0.25, -0.2) is 4.98 Å². The summed E-state index contributed by atoms with van der Waals surface area (Å²) in [4.78, 5) is 14.2. The van der Waals surface area contributed by atoms with E-state index >= 15 is 0 Å². The quantitative estimate of drug-likeness (QED) is 0.797. The van der Waals surface area contributed by atoms with Gasteiger partial charge in [0, 0.05) is 56.9 Å². The molecule has 140 valence electrons. The van der Waals surface area contributed by atoms with Crippen molar-refractivity contribution in [2.75, 3.05) is 56.9 Å². The van der Waals surface area contributed by atoms with Crippen LogP contribution in [0.3, 0.4) is 0 Å². The number of nitrogens with one attached hydrogen (secondary N) is 2. The molecule has 1 aliphatic heterocycles. The van der Waals surface area contributed by atoms with Crippen molar-refractivity contribution in [1.82, 2.24) is 19.8 Å². The number of aromatic nitrogens is 2. The van der Waals surface area contributed by atoms with Crippen molar-refractivity contribution >= 4 is 11.8 Å². The Labute approximate surface area is 156 Å². The summed E-state index contributed by atoms with van der Waals surface area (Å²) in [6.45, 7) is 10.7. The van der Waals surface area contributed by atoms with Crippen LogP contribution in [0.25, 0.3) is 11.3 Å². The second-order valence-electron chi connectivity index (χ2n) is 7.20. The largest absolute Gasteiger partial charge is 0.369 e. The van der Waals surface area contributed by atoms with E-state index in [1.54, 1.807) is 0 Å². The van der Waals surface area contributed by atoms with Gasteiger partial charge in [-0.1, -0.05) is 30.3 Å². The number of hydrogen-bond acceptors (Lipinski definition) is 6. The van der Waals surface area contributed by atoms with Gasteiger partial charge in [0.05, 0.1) is 5.69 Å². The average Bonchev–Trinajstić information content (AvgIpc) is 2.63. The molecule has 0 spiro atoms. The van der Waals surface area contributed by atoms with E-state index in [0.717, 1.165) is 56.3 Å². The molecule has 0 radical (unpaired) electrons. The summed E-state index contributed by atoms with van der Waals surface area (Å²) < 4.78 is 0. The monoisotopic (exact) mass is 354 g/mol. The third-order valence-electron chi connectivity index (χ3n) is 4.54. The van der Waals surface area contributed by atoms with Gasteiger partial charge in [0.1, 0.15) is 5.82 Å². The molecule has 2 N–H and O–H groups in total. The molecule has 0 saturated carbocycles. The number of benzene rings is 1. The molecule has 26 heavy (non-hydrogen) atoms. The van der Waals surface area contributed by atoms with Crippen molar-refractivity contribution < 1.29 is 0 Å². The molecule has 1 fully saturated rings. The van der Waals surface area contributed by atoms with E-state index in [4.69, 9.17) is 0 Å². The zero-order valence-corrected chi connectivity index (χ0v) is 16.1. The molecule has 0 aliphatic carbocycles. The average molecular weight is 355 g/mol. The van der Waals surface area contributed by atoms with Crippen LogP contribution in [0.15, 0.2) is 36.4 Å². The van der Waals surface area contributed by atoms with Crippen molar-refractivity contribution in [3.63, 3.8) is 0 Å². The van der Waals surface area contributed by atoms with Crippen LogP contribution in [0.2, 0.25) is 0 Å². The highest BCUT2D eigenvalue weighted by atomic mass is 15.3. The molecule has 0 amide bonds. The van der Waals surface area contributed by atoms with Gasteiger partial charge in [-0.3, -0.25) is 4.90 Å². The second kappa shape index (κ2) is 8.96. The number of hydrogen-bond donors (Lipinski definition) is 2. The van der Waals surface area contributed by atoms with Gasteiger partial charge < -0.3 is 15.5 Å². The smallest absolute Gasteiger partial charge is 0.225 e. The molecule has 1 aromatic carbocycles. The van der Waals surface area contributed by atoms with Gasteiger partial charge >= 0.3 is 0 Å².